The molecular formula is C14H24N4O. The van der Waals surface area contributed by atoms with Crippen LogP contribution in [0.4, 0.5) is 5.69 Å². The quantitative estimate of drug-likeness (QED) is 0.824. The maximum Gasteiger partial charge on any atom is 0.220 e. The lowest BCUT2D eigenvalue weighted by Gasteiger charge is -2.20. The highest BCUT2D eigenvalue weighted by atomic mass is 16.1. The highest BCUT2D eigenvalue weighted by Crippen LogP contribution is 2.27. The Balaban J connectivity index is 1.56. The Morgan fingerprint density at radius 1 is 1.42 bits per heavy atom. The van der Waals surface area contributed by atoms with Gasteiger partial charge in [0.05, 0.1) is 18.4 Å². The molecule has 0 unspecified atom stereocenters. The van der Waals surface area contributed by atoms with E-state index in [-0.39, 0.29) is 5.91 Å². The minimum Gasteiger partial charge on any atom is -0.396 e. The number of hydrogen-bond donors (Lipinski definition) is 2. The highest BCUT2D eigenvalue weighted by Gasteiger charge is 2.14. The van der Waals surface area contributed by atoms with Crippen LogP contribution in [0.15, 0.2) is 12.4 Å². The van der Waals surface area contributed by atoms with Crippen LogP contribution in [0, 0.1) is 5.92 Å². The number of nitrogens with two attached hydrogens (primary N) is 1. The van der Waals surface area contributed by atoms with Crippen LogP contribution in [-0.2, 0) is 11.3 Å². The summed E-state index contributed by atoms with van der Waals surface area (Å²) in [5.41, 5.74) is 6.23. The number of hydrogen-bond acceptors (Lipinski definition) is 3. The third-order valence-corrected chi connectivity index (χ3v) is 3.82. The Morgan fingerprint density at radius 2 is 2.21 bits per heavy atom. The van der Waals surface area contributed by atoms with Gasteiger partial charge in [-0.15, -0.1) is 0 Å². The molecular weight excluding hydrogens is 240 g/mol. The van der Waals surface area contributed by atoms with Gasteiger partial charge in [-0.1, -0.05) is 32.1 Å². The van der Waals surface area contributed by atoms with Crippen molar-refractivity contribution >= 4 is 11.6 Å². The van der Waals surface area contributed by atoms with Gasteiger partial charge in [0.2, 0.25) is 5.91 Å². The molecule has 0 spiro atoms. The lowest BCUT2D eigenvalue weighted by Crippen LogP contribution is -2.27. The van der Waals surface area contributed by atoms with E-state index >= 15 is 0 Å². The summed E-state index contributed by atoms with van der Waals surface area (Å²) >= 11 is 0. The molecule has 1 aromatic heterocycles. The highest BCUT2D eigenvalue weighted by molar-refractivity contribution is 5.75. The van der Waals surface area contributed by atoms with Crippen molar-refractivity contribution in [2.75, 3.05) is 12.3 Å². The average Bonchev–Trinajstić information content (AvgIpc) is 2.83. The number of carbonyl (C=O) groups excluding carboxylic acids is 1. The SMILES string of the molecule is Nc1cnn(CCNC(=O)CCC2CCCCC2)c1. The van der Waals surface area contributed by atoms with Crippen molar-refractivity contribution in [2.45, 2.75) is 51.5 Å². The average molecular weight is 264 g/mol. The normalized spacial score (nSPS) is 16.4. The van der Waals surface area contributed by atoms with E-state index in [0.29, 0.717) is 25.2 Å². The summed E-state index contributed by atoms with van der Waals surface area (Å²) in [6.07, 6.45) is 11.8. The van der Waals surface area contributed by atoms with E-state index in [2.05, 4.69) is 10.4 Å². The molecule has 0 bridgehead atoms. The van der Waals surface area contributed by atoms with Crippen molar-refractivity contribution in [1.29, 1.82) is 0 Å². The molecule has 0 aromatic carbocycles. The molecule has 1 aliphatic carbocycles. The summed E-state index contributed by atoms with van der Waals surface area (Å²) in [6, 6.07) is 0. The molecule has 1 aromatic rings. The fraction of sp³-hybridized carbons (Fsp3) is 0.714. The van der Waals surface area contributed by atoms with Gasteiger partial charge in [0, 0.05) is 19.2 Å². The second-order valence-corrected chi connectivity index (χ2v) is 5.43. The summed E-state index contributed by atoms with van der Waals surface area (Å²) in [6.45, 7) is 1.29. The van der Waals surface area contributed by atoms with Crippen LogP contribution >= 0.6 is 0 Å². The first-order valence-electron chi connectivity index (χ1n) is 7.28. The van der Waals surface area contributed by atoms with E-state index in [4.69, 9.17) is 5.73 Å². The van der Waals surface area contributed by atoms with Crippen molar-refractivity contribution < 1.29 is 4.79 Å². The van der Waals surface area contributed by atoms with Gasteiger partial charge in [0.25, 0.3) is 0 Å². The summed E-state index contributed by atoms with van der Waals surface area (Å²) in [5, 5.41) is 7.01. The predicted molar refractivity (Wildman–Crippen MR) is 75.5 cm³/mol. The second-order valence-electron chi connectivity index (χ2n) is 5.43. The van der Waals surface area contributed by atoms with Gasteiger partial charge in [-0.25, -0.2) is 0 Å². The Kier molecular flexibility index (Phi) is 5.24. The number of rotatable bonds is 6. The number of amides is 1. The first kappa shape index (κ1) is 13.9. The van der Waals surface area contributed by atoms with Crippen LogP contribution in [0.25, 0.3) is 0 Å². The monoisotopic (exact) mass is 264 g/mol. The number of aromatic nitrogens is 2. The van der Waals surface area contributed by atoms with Gasteiger partial charge in [-0.2, -0.15) is 5.10 Å². The molecule has 2 rings (SSSR count). The third kappa shape index (κ3) is 4.93. The van der Waals surface area contributed by atoms with Crippen LogP contribution < -0.4 is 11.1 Å². The van der Waals surface area contributed by atoms with Gasteiger partial charge < -0.3 is 11.1 Å². The Bertz CT molecular complexity index is 396. The van der Waals surface area contributed by atoms with Gasteiger partial charge in [0.15, 0.2) is 0 Å². The molecule has 1 amide bonds. The molecule has 1 fully saturated rings. The van der Waals surface area contributed by atoms with Crippen LogP contribution in [0.1, 0.15) is 44.9 Å². The molecule has 5 heteroatoms. The Hall–Kier alpha value is -1.52. The topological polar surface area (TPSA) is 72.9 Å². The Labute approximate surface area is 114 Å². The zero-order chi connectivity index (χ0) is 13.5. The first-order valence-corrected chi connectivity index (χ1v) is 7.28. The molecule has 19 heavy (non-hydrogen) atoms. The van der Waals surface area contributed by atoms with Gasteiger partial charge >= 0.3 is 0 Å². The molecule has 1 heterocycles. The number of nitrogens with zero attached hydrogens (tertiary/aromatic N) is 2. The second kappa shape index (κ2) is 7.16. The number of carbonyl (C=O) groups is 1. The summed E-state index contributed by atoms with van der Waals surface area (Å²) in [7, 11) is 0. The van der Waals surface area contributed by atoms with Crippen LogP contribution in [0.5, 0.6) is 0 Å². The minimum atomic E-state index is 0.158. The van der Waals surface area contributed by atoms with Crippen molar-refractivity contribution in [3.05, 3.63) is 12.4 Å². The fourth-order valence-corrected chi connectivity index (χ4v) is 2.71. The fourth-order valence-electron chi connectivity index (χ4n) is 2.71. The predicted octanol–water partition coefficient (Wildman–Crippen LogP) is 1.94. The number of nitrogens with one attached hydrogen (secondary N) is 1. The van der Waals surface area contributed by atoms with E-state index in [9.17, 15) is 4.79 Å². The summed E-state index contributed by atoms with van der Waals surface area (Å²) < 4.78 is 1.75. The van der Waals surface area contributed by atoms with Crippen molar-refractivity contribution in [3.8, 4) is 0 Å². The molecule has 106 valence electrons. The zero-order valence-corrected chi connectivity index (χ0v) is 11.5. The van der Waals surface area contributed by atoms with E-state index in [1.165, 1.54) is 32.1 Å². The summed E-state index contributed by atoms with van der Waals surface area (Å²) in [4.78, 5) is 11.7. The smallest absolute Gasteiger partial charge is 0.220 e. The zero-order valence-electron chi connectivity index (χ0n) is 11.5. The maximum absolute atomic E-state index is 11.7. The largest absolute Gasteiger partial charge is 0.396 e. The van der Waals surface area contributed by atoms with Crippen molar-refractivity contribution in [3.63, 3.8) is 0 Å². The van der Waals surface area contributed by atoms with E-state index in [1.54, 1.807) is 17.1 Å². The molecule has 0 saturated heterocycles. The molecule has 0 atom stereocenters. The number of anilines is 1. The first-order chi connectivity index (χ1) is 9.24. The van der Waals surface area contributed by atoms with Crippen LogP contribution in [-0.4, -0.2) is 22.2 Å². The van der Waals surface area contributed by atoms with E-state index in [0.717, 1.165) is 12.3 Å². The van der Waals surface area contributed by atoms with Crippen molar-refractivity contribution in [1.82, 2.24) is 15.1 Å². The molecule has 5 nitrogen and oxygen atoms in total. The number of nitrogen functional groups attached to an aromatic ring is 1. The van der Waals surface area contributed by atoms with Gasteiger partial charge in [-0.05, 0) is 12.3 Å². The molecule has 0 aliphatic heterocycles. The van der Waals surface area contributed by atoms with E-state index in [1.807, 2.05) is 0 Å². The molecule has 1 saturated carbocycles. The summed E-state index contributed by atoms with van der Waals surface area (Å²) in [5.74, 6) is 0.927. The lowest BCUT2D eigenvalue weighted by atomic mass is 9.86. The van der Waals surface area contributed by atoms with Gasteiger partial charge in [0.1, 0.15) is 0 Å². The maximum atomic E-state index is 11.7. The van der Waals surface area contributed by atoms with Crippen molar-refractivity contribution in [2.24, 2.45) is 5.92 Å². The molecule has 0 radical (unpaired) electrons. The standard InChI is InChI=1S/C14H24N4O/c15-13-10-17-18(11-13)9-8-16-14(19)7-6-12-4-2-1-3-5-12/h10-12H,1-9,15H2,(H,16,19). The third-order valence-electron chi connectivity index (χ3n) is 3.82. The van der Waals surface area contributed by atoms with Crippen LogP contribution in [0.3, 0.4) is 0 Å². The Morgan fingerprint density at radius 3 is 2.89 bits per heavy atom. The molecule has 3 N–H and O–H groups in total. The lowest BCUT2D eigenvalue weighted by molar-refractivity contribution is -0.121. The molecule has 1 aliphatic rings. The van der Waals surface area contributed by atoms with Crippen LogP contribution in [0.2, 0.25) is 0 Å². The van der Waals surface area contributed by atoms with E-state index < -0.39 is 0 Å². The van der Waals surface area contributed by atoms with Gasteiger partial charge in [-0.3, -0.25) is 9.48 Å². The minimum absolute atomic E-state index is 0.158.